The summed E-state index contributed by atoms with van der Waals surface area (Å²) in [6, 6.07) is 9.33. The Morgan fingerprint density at radius 3 is 2.68 bits per heavy atom. The van der Waals surface area contributed by atoms with E-state index in [1.807, 2.05) is 30.3 Å². The van der Waals surface area contributed by atoms with Gasteiger partial charge in [0.2, 0.25) is 0 Å². The molecule has 1 amide bonds. The number of pyridine rings is 1. The molecule has 0 radical (unpaired) electrons. The largest absolute Gasteiger partial charge is 0.505 e. The summed E-state index contributed by atoms with van der Waals surface area (Å²) >= 11 is 1.22. The molecule has 3 rings (SSSR count). The number of aryl methyl sites for hydroxylation is 1. The lowest BCUT2D eigenvalue weighted by Gasteiger charge is -2.10. The number of hydrogen-bond acceptors (Lipinski definition) is 5. The van der Waals surface area contributed by atoms with Crippen molar-refractivity contribution in [3.63, 3.8) is 0 Å². The van der Waals surface area contributed by atoms with Crippen LogP contribution < -0.4 is 11.3 Å². The van der Waals surface area contributed by atoms with Gasteiger partial charge in [-0.25, -0.2) is 4.98 Å². The molecule has 3 aromatic rings. The van der Waals surface area contributed by atoms with Crippen LogP contribution in [0.25, 0.3) is 10.3 Å². The van der Waals surface area contributed by atoms with Gasteiger partial charge in [-0.2, -0.15) is 0 Å². The third-order valence-corrected chi connectivity index (χ3v) is 4.28. The monoisotopic (exact) mass is 315 g/mol. The van der Waals surface area contributed by atoms with Gasteiger partial charge in [-0.05, 0) is 12.5 Å². The van der Waals surface area contributed by atoms with Crippen molar-refractivity contribution in [2.24, 2.45) is 5.73 Å². The lowest BCUT2D eigenvalue weighted by molar-refractivity contribution is 0.0996. The minimum atomic E-state index is -0.947. The number of aromatic hydroxyl groups is 1. The van der Waals surface area contributed by atoms with Crippen molar-refractivity contribution in [2.75, 3.05) is 0 Å². The predicted octanol–water partition coefficient (Wildman–Crippen LogP) is 1.62. The van der Waals surface area contributed by atoms with E-state index in [-0.39, 0.29) is 12.3 Å². The normalized spacial score (nSPS) is 11.0. The number of thiazole rings is 1. The molecule has 6 nitrogen and oxygen atoms in total. The van der Waals surface area contributed by atoms with E-state index < -0.39 is 17.0 Å². The summed E-state index contributed by atoms with van der Waals surface area (Å²) in [7, 11) is 0. The van der Waals surface area contributed by atoms with Gasteiger partial charge in [-0.15, -0.1) is 11.3 Å². The fourth-order valence-corrected chi connectivity index (χ4v) is 3.21. The minimum absolute atomic E-state index is 0.250. The van der Waals surface area contributed by atoms with Crippen LogP contribution in [0.2, 0.25) is 0 Å². The standard InChI is InChI=1S/C15H13N3O3S/c1-8-17-14-12(22-8)11(19)10(13(16)20)15(21)18(14)7-9-5-3-2-4-6-9/h2-6,19H,7H2,1H3,(H2,16,20). The second-order valence-corrected chi connectivity index (χ2v) is 6.05. The lowest BCUT2D eigenvalue weighted by Crippen LogP contribution is -2.30. The van der Waals surface area contributed by atoms with Crippen LogP contribution in [0.15, 0.2) is 35.1 Å². The van der Waals surface area contributed by atoms with E-state index in [1.54, 1.807) is 6.92 Å². The van der Waals surface area contributed by atoms with E-state index in [1.165, 1.54) is 15.9 Å². The highest BCUT2D eigenvalue weighted by Gasteiger charge is 2.22. The molecular weight excluding hydrogens is 302 g/mol. The zero-order valence-corrected chi connectivity index (χ0v) is 12.6. The quantitative estimate of drug-likeness (QED) is 0.767. The maximum Gasteiger partial charge on any atom is 0.269 e. The number of carbonyl (C=O) groups excluding carboxylic acids is 1. The molecule has 0 saturated heterocycles. The van der Waals surface area contributed by atoms with Gasteiger partial charge in [-0.1, -0.05) is 30.3 Å². The number of rotatable bonds is 3. The molecule has 7 heteroatoms. The molecule has 2 aromatic heterocycles. The summed E-state index contributed by atoms with van der Waals surface area (Å²) in [6.07, 6.45) is 0. The topological polar surface area (TPSA) is 98.2 Å². The number of fused-ring (bicyclic) bond motifs is 1. The van der Waals surface area contributed by atoms with E-state index in [9.17, 15) is 14.7 Å². The van der Waals surface area contributed by atoms with Crippen LogP contribution in [0.3, 0.4) is 0 Å². The first kappa shape index (κ1) is 14.3. The highest BCUT2D eigenvalue weighted by atomic mass is 32.1. The Hall–Kier alpha value is -2.67. The van der Waals surface area contributed by atoms with E-state index in [2.05, 4.69) is 4.98 Å². The van der Waals surface area contributed by atoms with Crippen LogP contribution in [0.5, 0.6) is 5.75 Å². The summed E-state index contributed by atoms with van der Waals surface area (Å²) in [4.78, 5) is 28.4. The summed E-state index contributed by atoms with van der Waals surface area (Å²) in [5, 5.41) is 10.8. The van der Waals surface area contributed by atoms with Crippen LogP contribution in [-0.4, -0.2) is 20.6 Å². The number of benzene rings is 1. The van der Waals surface area contributed by atoms with Crippen molar-refractivity contribution >= 4 is 27.6 Å². The fourth-order valence-electron chi connectivity index (χ4n) is 2.33. The highest BCUT2D eigenvalue weighted by molar-refractivity contribution is 7.18. The molecule has 112 valence electrons. The molecule has 0 aliphatic rings. The number of primary amides is 1. The number of nitrogens with zero attached hydrogens (tertiary/aromatic N) is 2. The molecule has 0 aliphatic heterocycles. The first-order valence-corrected chi connectivity index (χ1v) is 7.37. The third-order valence-electron chi connectivity index (χ3n) is 3.31. The molecule has 22 heavy (non-hydrogen) atoms. The second kappa shape index (κ2) is 5.27. The molecule has 0 spiro atoms. The summed E-state index contributed by atoms with van der Waals surface area (Å²) in [6.45, 7) is 2.02. The molecule has 0 aliphatic carbocycles. The third kappa shape index (κ3) is 2.25. The van der Waals surface area contributed by atoms with Gasteiger partial charge in [0.1, 0.15) is 10.3 Å². The molecule has 0 unspecified atom stereocenters. The molecule has 0 bridgehead atoms. The van der Waals surface area contributed by atoms with Crippen molar-refractivity contribution in [3.05, 3.63) is 56.8 Å². The Bertz CT molecular complexity index is 929. The number of amides is 1. The van der Waals surface area contributed by atoms with Crippen LogP contribution in [0, 0.1) is 6.92 Å². The Morgan fingerprint density at radius 2 is 2.05 bits per heavy atom. The van der Waals surface area contributed by atoms with Crippen LogP contribution in [-0.2, 0) is 6.54 Å². The number of nitrogens with two attached hydrogens (primary N) is 1. The SMILES string of the molecule is Cc1nc2c(s1)c(O)c(C(N)=O)c(=O)n2Cc1ccccc1. The zero-order valence-electron chi connectivity index (χ0n) is 11.7. The van der Waals surface area contributed by atoms with Crippen molar-refractivity contribution in [3.8, 4) is 5.75 Å². The fraction of sp³-hybridized carbons (Fsp3) is 0.133. The van der Waals surface area contributed by atoms with Crippen LogP contribution >= 0.6 is 11.3 Å². The highest BCUT2D eigenvalue weighted by Crippen LogP contribution is 2.31. The van der Waals surface area contributed by atoms with Crippen molar-refractivity contribution in [1.29, 1.82) is 0 Å². The Labute approximate surface area is 129 Å². The maximum absolute atomic E-state index is 12.5. The van der Waals surface area contributed by atoms with Gasteiger partial charge in [0.25, 0.3) is 11.5 Å². The van der Waals surface area contributed by atoms with Gasteiger partial charge >= 0.3 is 0 Å². The lowest BCUT2D eigenvalue weighted by atomic mass is 10.2. The average Bonchev–Trinajstić information content (AvgIpc) is 2.86. The summed E-state index contributed by atoms with van der Waals surface area (Å²) < 4.78 is 1.76. The maximum atomic E-state index is 12.5. The van der Waals surface area contributed by atoms with Gasteiger partial charge in [-0.3, -0.25) is 14.2 Å². The number of aromatic nitrogens is 2. The first-order valence-electron chi connectivity index (χ1n) is 6.55. The van der Waals surface area contributed by atoms with Crippen LogP contribution in [0.4, 0.5) is 0 Å². The molecule has 1 aromatic carbocycles. The predicted molar refractivity (Wildman–Crippen MR) is 84.3 cm³/mol. The Morgan fingerprint density at radius 1 is 1.36 bits per heavy atom. The Balaban J connectivity index is 2.32. The molecule has 0 saturated carbocycles. The van der Waals surface area contributed by atoms with E-state index in [0.29, 0.717) is 15.4 Å². The van der Waals surface area contributed by atoms with Crippen molar-refractivity contribution < 1.29 is 9.90 Å². The van der Waals surface area contributed by atoms with E-state index >= 15 is 0 Å². The summed E-state index contributed by atoms with van der Waals surface area (Å²) in [5.74, 6) is -1.33. The van der Waals surface area contributed by atoms with Gasteiger partial charge in [0, 0.05) is 0 Å². The van der Waals surface area contributed by atoms with Gasteiger partial charge in [0.15, 0.2) is 11.4 Å². The minimum Gasteiger partial charge on any atom is -0.505 e. The van der Waals surface area contributed by atoms with Gasteiger partial charge in [0.05, 0.1) is 11.6 Å². The van der Waals surface area contributed by atoms with Crippen molar-refractivity contribution in [1.82, 2.24) is 9.55 Å². The zero-order chi connectivity index (χ0) is 15.9. The molecule has 3 N–H and O–H groups in total. The van der Waals surface area contributed by atoms with Crippen LogP contribution in [0.1, 0.15) is 20.9 Å². The summed E-state index contributed by atoms with van der Waals surface area (Å²) in [5.41, 5.74) is 5.47. The second-order valence-electron chi connectivity index (χ2n) is 4.85. The number of hydrogen-bond donors (Lipinski definition) is 2. The average molecular weight is 315 g/mol. The smallest absolute Gasteiger partial charge is 0.269 e. The van der Waals surface area contributed by atoms with Crippen molar-refractivity contribution in [2.45, 2.75) is 13.5 Å². The molecule has 0 atom stereocenters. The first-order chi connectivity index (χ1) is 10.5. The molecule has 0 fully saturated rings. The number of carbonyl (C=O) groups is 1. The van der Waals surface area contributed by atoms with E-state index in [0.717, 1.165) is 5.56 Å². The van der Waals surface area contributed by atoms with Gasteiger partial charge < -0.3 is 10.8 Å². The Kier molecular flexibility index (Phi) is 3.42. The molecule has 2 heterocycles. The molecular formula is C15H13N3O3S. The van der Waals surface area contributed by atoms with E-state index in [4.69, 9.17) is 5.73 Å².